The molecule has 0 radical (unpaired) electrons. The molecule has 0 unspecified atom stereocenters. The fraction of sp³-hybridized carbons (Fsp3) is 0.278. The van der Waals surface area contributed by atoms with Crippen LogP contribution in [0.5, 0.6) is 11.5 Å². The standard InChI is InChI=1S/C18H20N2O4/c1-23-12-7-8-17(24-2)13(9-12)16(22)10-20-15-6-4-3-5-14(15)19-18(20)11-21/h3-9,16,21-22H,10-11H2,1-2H3/t16-/m1/s1. The largest absolute Gasteiger partial charge is 0.497 e. The molecule has 0 bridgehead atoms. The van der Waals surface area contributed by atoms with E-state index in [0.717, 1.165) is 11.0 Å². The zero-order chi connectivity index (χ0) is 17.1. The predicted molar refractivity (Wildman–Crippen MR) is 90.2 cm³/mol. The lowest BCUT2D eigenvalue weighted by atomic mass is 10.1. The summed E-state index contributed by atoms with van der Waals surface area (Å²) in [5.41, 5.74) is 2.27. The van der Waals surface area contributed by atoms with Crippen molar-refractivity contribution in [3.05, 3.63) is 53.9 Å². The molecular formula is C18H20N2O4. The first-order valence-electron chi connectivity index (χ1n) is 7.63. The molecule has 24 heavy (non-hydrogen) atoms. The average molecular weight is 328 g/mol. The van der Waals surface area contributed by atoms with E-state index < -0.39 is 6.10 Å². The molecule has 6 heteroatoms. The third kappa shape index (κ3) is 2.93. The number of aliphatic hydroxyl groups is 2. The van der Waals surface area contributed by atoms with Crippen molar-refractivity contribution < 1.29 is 19.7 Å². The van der Waals surface area contributed by atoms with Crippen LogP contribution in [-0.4, -0.2) is 34.0 Å². The quantitative estimate of drug-likeness (QED) is 0.726. The summed E-state index contributed by atoms with van der Waals surface area (Å²) in [6.07, 6.45) is -0.835. The van der Waals surface area contributed by atoms with Gasteiger partial charge in [-0.05, 0) is 30.3 Å². The molecule has 2 N–H and O–H groups in total. The molecule has 0 saturated carbocycles. The summed E-state index contributed by atoms with van der Waals surface area (Å²) in [4.78, 5) is 4.40. The number of hydrogen-bond acceptors (Lipinski definition) is 5. The molecule has 2 aromatic carbocycles. The summed E-state index contributed by atoms with van der Waals surface area (Å²) in [5, 5.41) is 20.3. The molecule has 0 aliphatic heterocycles. The van der Waals surface area contributed by atoms with Crippen molar-refractivity contribution in [3.63, 3.8) is 0 Å². The number of nitrogens with zero attached hydrogens (tertiary/aromatic N) is 2. The van der Waals surface area contributed by atoms with E-state index in [1.807, 2.05) is 28.8 Å². The Labute approximate surface area is 139 Å². The number of hydrogen-bond donors (Lipinski definition) is 2. The predicted octanol–water partition coefficient (Wildman–Crippen LogP) is 2.28. The smallest absolute Gasteiger partial charge is 0.135 e. The average Bonchev–Trinajstić information content (AvgIpc) is 2.98. The fourth-order valence-electron chi connectivity index (χ4n) is 2.82. The Bertz CT molecular complexity index is 844. The first-order valence-corrected chi connectivity index (χ1v) is 7.63. The molecule has 6 nitrogen and oxygen atoms in total. The molecular weight excluding hydrogens is 308 g/mol. The summed E-state index contributed by atoms with van der Waals surface area (Å²) in [7, 11) is 3.13. The summed E-state index contributed by atoms with van der Waals surface area (Å²) in [6.45, 7) is 0.0522. The van der Waals surface area contributed by atoms with E-state index >= 15 is 0 Å². The van der Waals surface area contributed by atoms with E-state index in [-0.39, 0.29) is 13.2 Å². The van der Waals surface area contributed by atoms with Gasteiger partial charge in [0.25, 0.3) is 0 Å². The summed E-state index contributed by atoms with van der Waals surface area (Å²) < 4.78 is 12.4. The van der Waals surface area contributed by atoms with Gasteiger partial charge in [-0.15, -0.1) is 0 Å². The van der Waals surface area contributed by atoms with Crippen LogP contribution in [0.25, 0.3) is 11.0 Å². The van der Waals surface area contributed by atoms with Gasteiger partial charge in [-0.25, -0.2) is 4.98 Å². The van der Waals surface area contributed by atoms with Gasteiger partial charge in [0.05, 0.1) is 31.8 Å². The topological polar surface area (TPSA) is 76.7 Å². The first kappa shape index (κ1) is 16.3. The van der Waals surface area contributed by atoms with Crippen molar-refractivity contribution in [2.75, 3.05) is 14.2 Å². The van der Waals surface area contributed by atoms with Gasteiger partial charge in [0, 0.05) is 5.56 Å². The molecule has 1 heterocycles. The van der Waals surface area contributed by atoms with Crippen molar-refractivity contribution in [2.24, 2.45) is 0 Å². The molecule has 0 fully saturated rings. The summed E-state index contributed by atoms with van der Waals surface area (Å²) >= 11 is 0. The second-order valence-electron chi connectivity index (χ2n) is 5.41. The Kier molecular flexibility index (Phi) is 4.69. The van der Waals surface area contributed by atoms with Gasteiger partial charge in [0.15, 0.2) is 0 Å². The lowest BCUT2D eigenvalue weighted by Crippen LogP contribution is -2.12. The normalized spacial score (nSPS) is 12.3. The number of rotatable bonds is 6. The van der Waals surface area contributed by atoms with E-state index in [0.29, 0.717) is 22.9 Å². The second-order valence-corrected chi connectivity index (χ2v) is 5.41. The summed E-state index contributed by atoms with van der Waals surface area (Å²) in [6, 6.07) is 12.9. The van der Waals surface area contributed by atoms with Crippen molar-refractivity contribution in [1.82, 2.24) is 9.55 Å². The second kappa shape index (κ2) is 6.90. The Hall–Kier alpha value is -2.57. The number of imidazole rings is 1. The Morgan fingerprint density at radius 2 is 1.92 bits per heavy atom. The fourth-order valence-corrected chi connectivity index (χ4v) is 2.82. The highest BCUT2D eigenvalue weighted by atomic mass is 16.5. The van der Waals surface area contributed by atoms with Gasteiger partial charge in [-0.1, -0.05) is 12.1 Å². The number of para-hydroxylation sites is 2. The summed E-state index contributed by atoms with van der Waals surface area (Å²) in [5.74, 6) is 1.73. The minimum atomic E-state index is -0.835. The van der Waals surface area contributed by atoms with Crippen molar-refractivity contribution in [2.45, 2.75) is 19.3 Å². The maximum Gasteiger partial charge on any atom is 0.135 e. The maximum absolute atomic E-state index is 10.7. The van der Waals surface area contributed by atoms with Crippen LogP contribution >= 0.6 is 0 Å². The molecule has 0 spiro atoms. The van der Waals surface area contributed by atoms with E-state index in [4.69, 9.17) is 9.47 Å². The number of aliphatic hydroxyl groups excluding tert-OH is 2. The highest BCUT2D eigenvalue weighted by molar-refractivity contribution is 5.75. The van der Waals surface area contributed by atoms with Gasteiger partial charge in [-0.2, -0.15) is 0 Å². The Morgan fingerprint density at radius 1 is 1.12 bits per heavy atom. The zero-order valence-electron chi connectivity index (χ0n) is 13.6. The molecule has 3 aromatic rings. The van der Waals surface area contributed by atoms with E-state index in [9.17, 15) is 10.2 Å². The first-order chi connectivity index (χ1) is 11.7. The number of benzene rings is 2. The van der Waals surface area contributed by atoms with Crippen molar-refractivity contribution in [3.8, 4) is 11.5 Å². The highest BCUT2D eigenvalue weighted by Gasteiger charge is 2.18. The van der Waals surface area contributed by atoms with Gasteiger partial charge in [0.1, 0.15) is 30.0 Å². The van der Waals surface area contributed by atoms with Crippen LogP contribution in [0.1, 0.15) is 17.5 Å². The SMILES string of the molecule is COc1ccc(OC)c([C@H](O)Cn2c(CO)nc3ccccc32)c1. The molecule has 0 amide bonds. The molecule has 126 valence electrons. The third-order valence-electron chi connectivity index (χ3n) is 4.03. The van der Waals surface area contributed by atoms with Crippen molar-refractivity contribution in [1.29, 1.82) is 0 Å². The molecule has 1 aromatic heterocycles. The highest BCUT2D eigenvalue weighted by Crippen LogP contribution is 2.31. The van der Waals surface area contributed by atoms with Crippen molar-refractivity contribution >= 4 is 11.0 Å². The number of methoxy groups -OCH3 is 2. The molecule has 0 aliphatic rings. The lowest BCUT2D eigenvalue weighted by Gasteiger charge is -2.18. The number of aromatic nitrogens is 2. The molecule has 0 saturated heterocycles. The van der Waals surface area contributed by atoms with Gasteiger partial charge in [0.2, 0.25) is 0 Å². The van der Waals surface area contributed by atoms with Crippen LogP contribution in [0, 0.1) is 0 Å². The Morgan fingerprint density at radius 3 is 2.62 bits per heavy atom. The van der Waals surface area contributed by atoms with Gasteiger partial charge in [-0.3, -0.25) is 0 Å². The van der Waals surface area contributed by atoms with Gasteiger partial charge >= 0.3 is 0 Å². The van der Waals surface area contributed by atoms with Crippen LogP contribution in [0.4, 0.5) is 0 Å². The lowest BCUT2D eigenvalue weighted by molar-refractivity contribution is 0.149. The maximum atomic E-state index is 10.7. The van der Waals surface area contributed by atoms with Gasteiger partial charge < -0.3 is 24.3 Å². The van der Waals surface area contributed by atoms with Crippen LogP contribution in [0.3, 0.4) is 0 Å². The third-order valence-corrected chi connectivity index (χ3v) is 4.03. The van der Waals surface area contributed by atoms with E-state index in [2.05, 4.69) is 4.98 Å². The van der Waals surface area contributed by atoms with Crippen LogP contribution < -0.4 is 9.47 Å². The minimum absolute atomic E-state index is 0.198. The molecule has 3 rings (SSSR count). The molecule has 0 aliphatic carbocycles. The number of ether oxygens (including phenoxy) is 2. The van der Waals surface area contributed by atoms with Crippen LogP contribution in [0.2, 0.25) is 0 Å². The zero-order valence-corrected chi connectivity index (χ0v) is 13.6. The minimum Gasteiger partial charge on any atom is -0.497 e. The molecule has 1 atom stereocenters. The van der Waals surface area contributed by atoms with Crippen LogP contribution in [-0.2, 0) is 13.2 Å². The van der Waals surface area contributed by atoms with E-state index in [1.54, 1.807) is 32.4 Å². The van der Waals surface area contributed by atoms with Crippen LogP contribution in [0.15, 0.2) is 42.5 Å². The monoisotopic (exact) mass is 328 g/mol. The Balaban J connectivity index is 2.00. The number of fused-ring (bicyclic) bond motifs is 1. The van der Waals surface area contributed by atoms with E-state index in [1.165, 1.54) is 0 Å².